The molecule has 1 N–H and O–H groups in total. The molecular weight excluding hydrogens is 629 g/mol. The molecule has 5 heteroatoms. The molecular formula is C45H32N4S. The molecule has 0 spiro atoms. The van der Waals surface area contributed by atoms with E-state index in [4.69, 9.17) is 4.99 Å². The Labute approximate surface area is 295 Å². The number of rotatable bonds is 6. The summed E-state index contributed by atoms with van der Waals surface area (Å²) < 4.78 is 1.30. The van der Waals surface area contributed by atoms with Crippen LogP contribution in [0.2, 0.25) is 0 Å². The molecule has 1 unspecified atom stereocenters. The van der Waals surface area contributed by atoms with Crippen molar-refractivity contribution in [3.63, 3.8) is 0 Å². The standard InChI is InChI=1S/C45H32N4S/c46-29-30-18-27-39-40(28-30)47-45(34-12-5-2-6-13-34)48-43(39)33-21-25-36(26-22-33)49(35-23-19-32(20-24-35)31-10-3-1-4-11-31)41-16-9-15-38-37-14-7-8-17-42(37)50-44(38)41/h1-6,8-13,15-28,45,47H,7,14H2. The van der Waals surface area contributed by atoms with Gasteiger partial charge in [0, 0.05) is 33.1 Å². The lowest BCUT2D eigenvalue weighted by Gasteiger charge is -2.28. The largest absolute Gasteiger partial charge is 0.359 e. The van der Waals surface area contributed by atoms with Gasteiger partial charge >= 0.3 is 0 Å². The topological polar surface area (TPSA) is 51.4 Å². The predicted molar refractivity (Wildman–Crippen MR) is 209 cm³/mol. The first-order valence-electron chi connectivity index (χ1n) is 16.9. The lowest BCUT2D eigenvalue weighted by atomic mass is 9.96. The fourth-order valence-electron chi connectivity index (χ4n) is 7.13. The van der Waals surface area contributed by atoms with Gasteiger partial charge in [0.1, 0.15) is 6.17 Å². The highest BCUT2D eigenvalue weighted by Crippen LogP contribution is 2.45. The lowest BCUT2D eigenvalue weighted by molar-refractivity contribution is 0.828. The monoisotopic (exact) mass is 660 g/mol. The Morgan fingerprint density at radius 2 is 1.42 bits per heavy atom. The first kappa shape index (κ1) is 29.9. The summed E-state index contributed by atoms with van der Waals surface area (Å²) in [5.74, 6) is 0. The number of benzene rings is 6. The van der Waals surface area contributed by atoms with Gasteiger partial charge in [0.15, 0.2) is 0 Å². The Kier molecular flexibility index (Phi) is 7.57. The highest BCUT2D eigenvalue weighted by Gasteiger charge is 2.24. The summed E-state index contributed by atoms with van der Waals surface area (Å²) in [5, 5.41) is 14.6. The number of nitrogens with zero attached hydrogens (tertiary/aromatic N) is 3. The minimum absolute atomic E-state index is 0.261. The summed E-state index contributed by atoms with van der Waals surface area (Å²) in [7, 11) is 0. The van der Waals surface area contributed by atoms with Gasteiger partial charge in [-0.1, -0.05) is 103 Å². The Morgan fingerprint density at radius 3 is 2.16 bits per heavy atom. The predicted octanol–water partition coefficient (Wildman–Crippen LogP) is 11.8. The number of hydrogen-bond donors (Lipinski definition) is 1. The minimum atomic E-state index is -0.261. The molecule has 4 nitrogen and oxygen atoms in total. The molecule has 50 heavy (non-hydrogen) atoms. The van der Waals surface area contributed by atoms with Crippen LogP contribution < -0.4 is 10.2 Å². The number of nitrogens with one attached hydrogen (secondary N) is 1. The van der Waals surface area contributed by atoms with Gasteiger partial charge in [-0.05, 0) is 95.1 Å². The third kappa shape index (κ3) is 5.37. The third-order valence-electron chi connectivity index (χ3n) is 9.60. The maximum atomic E-state index is 9.65. The average Bonchev–Trinajstić information content (AvgIpc) is 3.58. The number of anilines is 4. The van der Waals surface area contributed by atoms with Crippen LogP contribution in [-0.4, -0.2) is 5.71 Å². The van der Waals surface area contributed by atoms with Crippen molar-refractivity contribution in [2.24, 2.45) is 4.99 Å². The zero-order valence-electron chi connectivity index (χ0n) is 27.3. The van der Waals surface area contributed by atoms with Gasteiger partial charge in [0.25, 0.3) is 0 Å². The summed E-state index contributed by atoms with van der Waals surface area (Å²) in [6.07, 6.45) is 6.49. The Hall–Kier alpha value is -6.22. The van der Waals surface area contributed by atoms with Crippen LogP contribution in [0.5, 0.6) is 0 Å². The first-order valence-corrected chi connectivity index (χ1v) is 17.8. The van der Waals surface area contributed by atoms with Gasteiger partial charge < -0.3 is 10.2 Å². The van der Waals surface area contributed by atoms with E-state index < -0.39 is 0 Å². The van der Waals surface area contributed by atoms with E-state index in [9.17, 15) is 5.26 Å². The smallest absolute Gasteiger partial charge is 0.145 e. The van der Waals surface area contributed by atoms with Crippen molar-refractivity contribution in [2.75, 3.05) is 10.2 Å². The second-order valence-electron chi connectivity index (χ2n) is 12.6. The summed E-state index contributed by atoms with van der Waals surface area (Å²) in [6.45, 7) is 0. The molecule has 0 saturated carbocycles. The minimum Gasteiger partial charge on any atom is -0.359 e. The van der Waals surface area contributed by atoms with Crippen LogP contribution in [0.1, 0.15) is 45.3 Å². The summed E-state index contributed by atoms with van der Waals surface area (Å²) in [5.41, 5.74) is 12.7. The quantitative estimate of drug-likeness (QED) is 0.193. The molecule has 1 aromatic heterocycles. The van der Waals surface area contributed by atoms with Crippen LogP contribution in [0.4, 0.5) is 22.7 Å². The first-order chi connectivity index (χ1) is 24.7. The molecule has 0 amide bonds. The van der Waals surface area contributed by atoms with E-state index in [1.54, 1.807) is 0 Å². The second kappa shape index (κ2) is 12.7. The second-order valence-corrected chi connectivity index (χ2v) is 13.7. The molecule has 7 aromatic rings. The number of nitriles is 1. The third-order valence-corrected chi connectivity index (χ3v) is 10.8. The molecule has 0 bridgehead atoms. The van der Waals surface area contributed by atoms with Crippen molar-refractivity contribution in [1.29, 1.82) is 5.26 Å². The SMILES string of the molecule is N#Cc1ccc2c(c1)NC(c1ccccc1)N=C2c1ccc(N(c2ccc(-c3ccccc3)cc2)c2cccc3c4c(sc23)C=CCC4)cc1. The maximum absolute atomic E-state index is 9.65. The van der Waals surface area contributed by atoms with Gasteiger partial charge in [0.2, 0.25) is 0 Å². The number of aliphatic imine (C=N–C) groups is 1. The zero-order chi connectivity index (χ0) is 33.4. The Morgan fingerprint density at radius 1 is 0.720 bits per heavy atom. The molecule has 1 atom stereocenters. The van der Waals surface area contributed by atoms with Gasteiger partial charge in [-0.25, -0.2) is 0 Å². The van der Waals surface area contributed by atoms with Crippen molar-refractivity contribution in [1.82, 2.24) is 0 Å². The van der Waals surface area contributed by atoms with Crippen molar-refractivity contribution in [2.45, 2.75) is 19.0 Å². The molecule has 1 aliphatic carbocycles. The van der Waals surface area contributed by atoms with E-state index >= 15 is 0 Å². The van der Waals surface area contributed by atoms with Crippen molar-refractivity contribution in [3.8, 4) is 17.2 Å². The van der Waals surface area contributed by atoms with Crippen LogP contribution in [0.25, 0.3) is 27.3 Å². The average molecular weight is 661 g/mol. The molecule has 2 aliphatic rings. The lowest BCUT2D eigenvalue weighted by Crippen LogP contribution is -2.21. The van der Waals surface area contributed by atoms with E-state index in [1.165, 1.54) is 37.3 Å². The summed E-state index contributed by atoms with van der Waals surface area (Å²) >= 11 is 1.89. The fraction of sp³-hybridized carbons (Fsp3) is 0.0667. The fourth-order valence-corrected chi connectivity index (χ4v) is 8.42. The van der Waals surface area contributed by atoms with E-state index in [1.807, 2.05) is 47.7 Å². The molecule has 238 valence electrons. The Bertz CT molecular complexity index is 2450. The number of allylic oxidation sites excluding steroid dienone is 1. The van der Waals surface area contributed by atoms with Gasteiger partial charge in [-0.15, -0.1) is 11.3 Å². The maximum Gasteiger partial charge on any atom is 0.145 e. The molecule has 1 aliphatic heterocycles. The van der Waals surface area contributed by atoms with Gasteiger partial charge in [0.05, 0.1) is 27.7 Å². The van der Waals surface area contributed by atoms with E-state index in [0.29, 0.717) is 5.56 Å². The molecule has 6 aromatic carbocycles. The van der Waals surface area contributed by atoms with Crippen LogP contribution >= 0.6 is 11.3 Å². The number of hydrogen-bond acceptors (Lipinski definition) is 5. The molecule has 0 saturated heterocycles. The van der Waals surface area contributed by atoms with Crippen molar-refractivity contribution in [3.05, 3.63) is 184 Å². The Balaban J connectivity index is 1.16. The molecule has 2 heterocycles. The molecule has 0 fully saturated rings. The summed E-state index contributed by atoms with van der Waals surface area (Å²) in [4.78, 5) is 8.98. The number of aryl methyl sites for hydroxylation is 1. The van der Waals surface area contributed by atoms with Crippen molar-refractivity contribution < 1.29 is 0 Å². The van der Waals surface area contributed by atoms with Crippen LogP contribution in [0.15, 0.2) is 157 Å². The van der Waals surface area contributed by atoms with E-state index in [-0.39, 0.29) is 6.17 Å². The van der Waals surface area contributed by atoms with Gasteiger partial charge in [-0.3, -0.25) is 4.99 Å². The van der Waals surface area contributed by atoms with E-state index in [2.05, 4.69) is 138 Å². The zero-order valence-corrected chi connectivity index (χ0v) is 28.1. The highest BCUT2D eigenvalue weighted by atomic mass is 32.1. The van der Waals surface area contributed by atoms with Gasteiger partial charge in [-0.2, -0.15) is 5.26 Å². The van der Waals surface area contributed by atoms with Crippen molar-refractivity contribution >= 4 is 56.0 Å². The van der Waals surface area contributed by atoms with Crippen LogP contribution in [-0.2, 0) is 6.42 Å². The number of fused-ring (bicyclic) bond motifs is 4. The molecule has 9 rings (SSSR count). The highest BCUT2D eigenvalue weighted by molar-refractivity contribution is 7.20. The number of thiophene rings is 1. The molecule has 0 radical (unpaired) electrons. The summed E-state index contributed by atoms with van der Waals surface area (Å²) in [6, 6.07) is 53.2. The van der Waals surface area contributed by atoms with Crippen LogP contribution in [0.3, 0.4) is 0 Å². The normalized spacial score (nSPS) is 14.6. The van der Waals surface area contributed by atoms with Crippen LogP contribution in [0, 0.1) is 11.3 Å². The van der Waals surface area contributed by atoms with E-state index in [0.717, 1.165) is 52.3 Å².